The zero-order valence-electron chi connectivity index (χ0n) is 25.1. The van der Waals surface area contributed by atoms with Gasteiger partial charge in [-0.3, -0.25) is 13.9 Å². The molecular weight excluding hydrogens is 558 g/mol. The fourth-order valence-corrected chi connectivity index (χ4v) is 5.67. The standard InChI is InChI=1S/C31H39N3O7S/c1-22(30(36)32-31(2,3)4)33(20-23-11-10-12-25(19-23)40-6)29(35)21-34(27-13-8-9-14-28(27)41-7)42(37,38)26-17-15-24(39-5)16-18-26/h8-19,22H,20-21H2,1-7H3,(H,32,36)/t22-/m0/s1. The lowest BCUT2D eigenvalue weighted by Gasteiger charge is -2.33. The van der Waals surface area contributed by atoms with Gasteiger partial charge in [0.1, 0.15) is 29.8 Å². The summed E-state index contributed by atoms with van der Waals surface area (Å²) in [7, 11) is 0.176. The molecule has 1 atom stereocenters. The van der Waals surface area contributed by atoms with Gasteiger partial charge >= 0.3 is 0 Å². The summed E-state index contributed by atoms with van der Waals surface area (Å²) in [6.07, 6.45) is 0. The van der Waals surface area contributed by atoms with Crippen LogP contribution in [0.4, 0.5) is 5.69 Å². The highest BCUT2D eigenvalue weighted by atomic mass is 32.2. The number of benzene rings is 3. The molecule has 2 amide bonds. The zero-order valence-corrected chi connectivity index (χ0v) is 25.9. The molecule has 0 radical (unpaired) electrons. The highest BCUT2D eigenvalue weighted by Gasteiger charge is 2.34. The van der Waals surface area contributed by atoms with Gasteiger partial charge in [0.15, 0.2) is 0 Å². The first-order valence-electron chi connectivity index (χ1n) is 13.3. The van der Waals surface area contributed by atoms with Crippen molar-refractivity contribution in [3.63, 3.8) is 0 Å². The number of sulfonamides is 1. The average Bonchev–Trinajstić information content (AvgIpc) is 2.97. The van der Waals surface area contributed by atoms with Crippen LogP contribution in [-0.4, -0.2) is 64.6 Å². The Hall–Kier alpha value is -4.25. The minimum absolute atomic E-state index is 0.0388. The normalized spacial score (nSPS) is 12.2. The van der Waals surface area contributed by atoms with E-state index in [1.807, 2.05) is 26.8 Å². The van der Waals surface area contributed by atoms with Gasteiger partial charge in [-0.15, -0.1) is 0 Å². The second kappa shape index (κ2) is 13.6. The summed E-state index contributed by atoms with van der Waals surface area (Å²) in [5.41, 5.74) is 0.342. The van der Waals surface area contributed by atoms with Crippen molar-refractivity contribution in [3.8, 4) is 17.2 Å². The first kappa shape index (κ1) is 32.3. The molecule has 0 fully saturated rings. The SMILES string of the molecule is COc1ccc(S(=O)(=O)N(CC(=O)N(Cc2cccc(OC)c2)[C@@H](C)C(=O)NC(C)(C)C)c2ccccc2OC)cc1. The van der Waals surface area contributed by atoms with Crippen molar-refractivity contribution in [3.05, 3.63) is 78.4 Å². The summed E-state index contributed by atoms with van der Waals surface area (Å²) >= 11 is 0. The number of carbonyl (C=O) groups excluding carboxylic acids is 2. The van der Waals surface area contributed by atoms with Crippen LogP contribution in [0.15, 0.2) is 77.7 Å². The molecule has 226 valence electrons. The molecule has 3 aromatic rings. The van der Waals surface area contributed by atoms with Crippen molar-refractivity contribution >= 4 is 27.5 Å². The van der Waals surface area contributed by atoms with Gasteiger partial charge < -0.3 is 24.4 Å². The Kier molecular flexibility index (Phi) is 10.5. The predicted molar refractivity (Wildman–Crippen MR) is 161 cm³/mol. The molecule has 0 saturated carbocycles. The molecule has 1 N–H and O–H groups in total. The molecule has 0 heterocycles. The van der Waals surface area contributed by atoms with E-state index in [4.69, 9.17) is 14.2 Å². The largest absolute Gasteiger partial charge is 0.497 e. The molecule has 42 heavy (non-hydrogen) atoms. The Bertz CT molecular complexity index is 1480. The van der Waals surface area contributed by atoms with Crippen LogP contribution in [-0.2, 0) is 26.2 Å². The summed E-state index contributed by atoms with van der Waals surface area (Å²) in [5, 5.41) is 2.91. The van der Waals surface area contributed by atoms with Gasteiger partial charge in [0, 0.05) is 12.1 Å². The monoisotopic (exact) mass is 597 g/mol. The van der Waals surface area contributed by atoms with E-state index in [1.165, 1.54) is 50.5 Å². The van der Waals surface area contributed by atoms with E-state index in [1.54, 1.807) is 49.4 Å². The molecule has 10 nitrogen and oxygen atoms in total. The number of nitrogens with zero attached hydrogens (tertiary/aromatic N) is 2. The lowest BCUT2D eigenvalue weighted by atomic mass is 10.1. The average molecular weight is 598 g/mol. The van der Waals surface area contributed by atoms with Crippen LogP contribution >= 0.6 is 0 Å². The first-order valence-corrected chi connectivity index (χ1v) is 14.8. The Morgan fingerprint density at radius 3 is 2.10 bits per heavy atom. The molecule has 0 saturated heterocycles. The first-order chi connectivity index (χ1) is 19.8. The second-order valence-corrected chi connectivity index (χ2v) is 12.5. The van der Waals surface area contributed by atoms with Crippen LogP contribution < -0.4 is 23.8 Å². The molecule has 3 aromatic carbocycles. The minimum atomic E-state index is -4.27. The van der Waals surface area contributed by atoms with Crippen LogP contribution in [0.2, 0.25) is 0 Å². The number of ether oxygens (including phenoxy) is 3. The van der Waals surface area contributed by atoms with Gasteiger partial charge in [0.2, 0.25) is 11.8 Å². The number of hydrogen-bond acceptors (Lipinski definition) is 7. The molecule has 0 aliphatic heterocycles. The number of nitrogens with one attached hydrogen (secondary N) is 1. The maximum Gasteiger partial charge on any atom is 0.264 e. The third-order valence-corrected chi connectivity index (χ3v) is 8.21. The van der Waals surface area contributed by atoms with Crippen molar-refractivity contribution in [2.75, 3.05) is 32.2 Å². The maximum atomic E-state index is 14.1. The summed E-state index contributed by atoms with van der Waals surface area (Å²) in [6.45, 7) is 6.59. The summed E-state index contributed by atoms with van der Waals surface area (Å²) in [5.74, 6) is 0.375. The number of hydrogen-bond donors (Lipinski definition) is 1. The third-order valence-electron chi connectivity index (χ3n) is 6.43. The quantitative estimate of drug-likeness (QED) is 0.332. The van der Waals surface area contributed by atoms with E-state index in [0.29, 0.717) is 17.1 Å². The number of amides is 2. The van der Waals surface area contributed by atoms with Gasteiger partial charge in [0.25, 0.3) is 10.0 Å². The number of anilines is 1. The second-order valence-electron chi connectivity index (χ2n) is 10.6. The number of para-hydroxylation sites is 2. The van der Waals surface area contributed by atoms with E-state index < -0.39 is 34.1 Å². The topological polar surface area (TPSA) is 114 Å². The summed E-state index contributed by atoms with van der Waals surface area (Å²) < 4.78 is 45.1. The van der Waals surface area contributed by atoms with E-state index >= 15 is 0 Å². The van der Waals surface area contributed by atoms with Gasteiger partial charge in [-0.25, -0.2) is 8.42 Å². The van der Waals surface area contributed by atoms with E-state index in [0.717, 1.165) is 4.31 Å². The van der Waals surface area contributed by atoms with Crippen molar-refractivity contribution < 1.29 is 32.2 Å². The molecule has 0 bridgehead atoms. The molecular formula is C31H39N3O7S. The highest BCUT2D eigenvalue weighted by molar-refractivity contribution is 7.92. The van der Waals surface area contributed by atoms with E-state index in [9.17, 15) is 18.0 Å². The van der Waals surface area contributed by atoms with Crippen LogP contribution in [0, 0.1) is 0 Å². The molecule has 11 heteroatoms. The fourth-order valence-electron chi connectivity index (χ4n) is 4.25. The molecule has 0 unspecified atom stereocenters. The van der Waals surface area contributed by atoms with Gasteiger partial charge in [0.05, 0.1) is 31.9 Å². The fraction of sp³-hybridized carbons (Fsp3) is 0.355. The lowest BCUT2D eigenvalue weighted by molar-refractivity contribution is -0.140. The number of methoxy groups -OCH3 is 3. The van der Waals surface area contributed by atoms with Crippen molar-refractivity contribution in [1.82, 2.24) is 10.2 Å². The van der Waals surface area contributed by atoms with Crippen molar-refractivity contribution in [1.29, 1.82) is 0 Å². The van der Waals surface area contributed by atoms with Crippen molar-refractivity contribution in [2.24, 2.45) is 0 Å². The maximum absolute atomic E-state index is 14.1. The van der Waals surface area contributed by atoms with Crippen LogP contribution in [0.5, 0.6) is 17.2 Å². The van der Waals surface area contributed by atoms with E-state index in [-0.39, 0.29) is 28.8 Å². The van der Waals surface area contributed by atoms with Crippen LogP contribution in [0.1, 0.15) is 33.3 Å². The van der Waals surface area contributed by atoms with Crippen LogP contribution in [0.3, 0.4) is 0 Å². The molecule has 0 spiro atoms. The van der Waals surface area contributed by atoms with Gasteiger partial charge in [-0.2, -0.15) is 0 Å². The zero-order chi connectivity index (χ0) is 31.1. The van der Waals surface area contributed by atoms with Gasteiger partial charge in [-0.05, 0) is 81.8 Å². The smallest absolute Gasteiger partial charge is 0.264 e. The lowest BCUT2D eigenvalue weighted by Crippen LogP contribution is -2.54. The Balaban J connectivity index is 2.09. The van der Waals surface area contributed by atoms with Crippen LogP contribution in [0.25, 0.3) is 0 Å². The number of carbonyl (C=O) groups is 2. The predicted octanol–water partition coefficient (Wildman–Crippen LogP) is 4.24. The van der Waals surface area contributed by atoms with E-state index in [2.05, 4.69) is 5.32 Å². The molecule has 3 rings (SSSR count). The number of rotatable bonds is 12. The molecule has 0 aromatic heterocycles. The van der Waals surface area contributed by atoms with Gasteiger partial charge in [-0.1, -0.05) is 24.3 Å². The summed E-state index contributed by atoms with van der Waals surface area (Å²) in [4.78, 5) is 28.7. The Labute approximate surface area is 248 Å². The molecule has 0 aliphatic carbocycles. The Morgan fingerprint density at radius 2 is 1.50 bits per heavy atom. The third kappa shape index (κ3) is 7.94. The Morgan fingerprint density at radius 1 is 0.857 bits per heavy atom. The summed E-state index contributed by atoms with van der Waals surface area (Å²) in [6, 6.07) is 18.6. The minimum Gasteiger partial charge on any atom is -0.497 e. The molecule has 0 aliphatic rings. The highest BCUT2D eigenvalue weighted by Crippen LogP contribution is 2.33. The van der Waals surface area contributed by atoms with Crippen molar-refractivity contribution in [2.45, 2.75) is 50.7 Å².